The third-order valence-corrected chi connectivity index (χ3v) is 4.61. The van der Waals surface area contributed by atoms with E-state index in [1.165, 1.54) is 0 Å². The molecule has 2 aromatic heterocycles. The van der Waals surface area contributed by atoms with Gasteiger partial charge in [0.25, 0.3) is 5.91 Å². The lowest BCUT2D eigenvalue weighted by Gasteiger charge is -2.18. The van der Waals surface area contributed by atoms with Crippen molar-refractivity contribution in [3.05, 3.63) is 24.2 Å². The summed E-state index contributed by atoms with van der Waals surface area (Å²) in [6.45, 7) is 5.79. The summed E-state index contributed by atoms with van der Waals surface area (Å²) in [4.78, 5) is 23.1. The third kappa shape index (κ3) is 3.59. The summed E-state index contributed by atoms with van der Waals surface area (Å²) in [5.41, 5.74) is 2.18. The molecule has 0 saturated carbocycles. The molecular formula is C18H26N4O2. The van der Waals surface area contributed by atoms with Gasteiger partial charge in [-0.3, -0.25) is 4.79 Å². The molecule has 130 valence electrons. The highest BCUT2D eigenvalue weighted by Gasteiger charge is 2.18. The van der Waals surface area contributed by atoms with Crippen molar-refractivity contribution in [3.8, 4) is 0 Å². The SMILES string of the molecule is CC(C)n1cnc2cc(C(=O)N(C)CCCC3CCCO3)cnc21. The fraction of sp³-hybridized carbons (Fsp3) is 0.611. The minimum atomic E-state index is -0.00385. The number of carbonyl (C=O) groups excluding carboxylic acids is 1. The highest BCUT2D eigenvalue weighted by Crippen LogP contribution is 2.18. The number of nitrogens with zero attached hydrogens (tertiary/aromatic N) is 4. The van der Waals surface area contributed by atoms with E-state index in [0.29, 0.717) is 17.7 Å². The van der Waals surface area contributed by atoms with Gasteiger partial charge in [-0.1, -0.05) is 0 Å². The van der Waals surface area contributed by atoms with E-state index in [0.717, 1.165) is 50.0 Å². The van der Waals surface area contributed by atoms with E-state index in [2.05, 4.69) is 23.8 Å². The van der Waals surface area contributed by atoms with Crippen LogP contribution in [0.4, 0.5) is 0 Å². The first-order valence-corrected chi connectivity index (χ1v) is 8.76. The van der Waals surface area contributed by atoms with Crippen molar-refractivity contribution in [3.63, 3.8) is 0 Å². The maximum absolute atomic E-state index is 12.6. The Balaban J connectivity index is 1.62. The topological polar surface area (TPSA) is 60.2 Å². The quantitative estimate of drug-likeness (QED) is 0.817. The molecule has 1 aliphatic heterocycles. The van der Waals surface area contributed by atoms with E-state index in [-0.39, 0.29) is 5.91 Å². The Morgan fingerprint density at radius 2 is 2.29 bits per heavy atom. The lowest BCUT2D eigenvalue weighted by molar-refractivity contribution is 0.0763. The molecule has 0 radical (unpaired) electrons. The summed E-state index contributed by atoms with van der Waals surface area (Å²) in [7, 11) is 1.84. The number of hydrogen-bond acceptors (Lipinski definition) is 4. The summed E-state index contributed by atoms with van der Waals surface area (Å²) in [6, 6.07) is 2.13. The molecule has 6 heteroatoms. The average Bonchev–Trinajstić information content (AvgIpc) is 3.22. The largest absolute Gasteiger partial charge is 0.378 e. The molecule has 0 N–H and O–H groups in total. The second-order valence-electron chi connectivity index (χ2n) is 6.82. The molecule has 0 aromatic carbocycles. The molecule has 0 aliphatic carbocycles. The van der Waals surface area contributed by atoms with Crippen LogP contribution in [-0.4, -0.2) is 51.6 Å². The average molecular weight is 330 g/mol. The van der Waals surface area contributed by atoms with Crippen molar-refractivity contribution in [2.75, 3.05) is 20.2 Å². The van der Waals surface area contributed by atoms with Crippen molar-refractivity contribution in [1.82, 2.24) is 19.4 Å². The van der Waals surface area contributed by atoms with Gasteiger partial charge in [-0.15, -0.1) is 0 Å². The van der Waals surface area contributed by atoms with Crippen LogP contribution >= 0.6 is 0 Å². The van der Waals surface area contributed by atoms with Gasteiger partial charge in [-0.2, -0.15) is 0 Å². The number of pyridine rings is 1. The van der Waals surface area contributed by atoms with E-state index < -0.39 is 0 Å². The molecule has 0 bridgehead atoms. The number of rotatable bonds is 6. The first kappa shape index (κ1) is 16.9. The number of hydrogen-bond donors (Lipinski definition) is 0. The molecule has 1 saturated heterocycles. The lowest BCUT2D eigenvalue weighted by Crippen LogP contribution is -2.28. The molecule has 1 atom stereocenters. The van der Waals surface area contributed by atoms with Gasteiger partial charge in [0.2, 0.25) is 0 Å². The second kappa shape index (κ2) is 7.30. The van der Waals surface area contributed by atoms with Crippen LogP contribution in [0.1, 0.15) is 55.9 Å². The van der Waals surface area contributed by atoms with E-state index in [9.17, 15) is 4.79 Å². The number of carbonyl (C=O) groups is 1. The molecule has 0 spiro atoms. The molecule has 3 heterocycles. The number of imidazole rings is 1. The standard InChI is InChI=1S/C18H26N4O2/c1-13(2)22-12-20-16-10-14(11-19-17(16)22)18(23)21(3)8-4-6-15-7-5-9-24-15/h10-13,15H,4-9H2,1-3H3. The minimum absolute atomic E-state index is 0.00385. The second-order valence-corrected chi connectivity index (χ2v) is 6.82. The monoisotopic (exact) mass is 330 g/mol. The maximum Gasteiger partial charge on any atom is 0.255 e. The van der Waals surface area contributed by atoms with Crippen LogP contribution in [0.5, 0.6) is 0 Å². The van der Waals surface area contributed by atoms with E-state index in [4.69, 9.17) is 4.74 Å². The van der Waals surface area contributed by atoms with Crippen LogP contribution in [0.25, 0.3) is 11.2 Å². The Morgan fingerprint density at radius 3 is 3.00 bits per heavy atom. The van der Waals surface area contributed by atoms with Gasteiger partial charge in [0.05, 0.1) is 18.0 Å². The summed E-state index contributed by atoms with van der Waals surface area (Å²) in [5.74, 6) is -0.00385. The van der Waals surface area contributed by atoms with Crippen molar-refractivity contribution in [2.45, 2.75) is 51.7 Å². The molecule has 1 unspecified atom stereocenters. The molecule has 24 heavy (non-hydrogen) atoms. The molecule has 2 aromatic rings. The molecule has 1 aliphatic rings. The van der Waals surface area contributed by atoms with Crippen molar-refractivity contribution >= 4 is 17.1 Å². The smallest absolute Gasteiger partial charge is 0.255 e. The summed E-state index contributed by atoms with van der Waals surface area (Å²) in [5, 5.41) is 0. The van der Waals surface area contributed by atoms with E-state index in [1.807, 2.05) is 17.7 Å². The molecular weight excluding hydrogens is 304 g/mol. The van der Waals surface area contributed by atoms with Gasteiger partial charge < -0.3 is 14.2 Å². The zero-order chi connectivity index (χ0) is 17.1. The van der Waals surface area contributed by atoms with Crippen LogP contribution in [0, 0.1) is 0 Å². The zero-order valence-corrected chi connectivity index (χ0v) is 14.7. The molecule has 1 fully saturated rings. The maximum atomic E-state index is 12.6. The van der Waals surface area contributed by atoms with Gasteiger partial charge >= 0.3 is 0 Å². The van der Waals surface area contributed by atoms with Gasteiger partial charge in [0.15, 0.2) is 5.65 Å². The van der Waals surface area contributed by atoms with Crippen molar-refractivity contribution < 1.29 is 9.53 Å². The van der Waals surface area contributed by atoms with Crippen LogP contribution < -0.4 is 0 Å². The van der Waals surface area contributed by atoms with E-state index >= 15 is 0 Å². The van der Waals surface area contributed by atoms with E-state index in [1.54, 1.807) is 17.4 Å². The zero-order valence-electron chi connectivity index (χ0n) is 14.7. The Kier molecular flexibility index (Phi) is 5.14. The van der Waals surface area contributed by atoms with Gasteiger partial charge in [0.1, 0.15) is 5.52 Å². The normalized spacial score (nSPS) is 17.8. The molecule has 1 amide bonds. The Bertz CT molecular complexity index is 704. The first-order chi connectivity index (χ1) is 11.6. The fourth-order valence-corrected chi connectivity index (χ4v) is 3.16. The highest BCUT2D eigenvalue weighted by atomic mass is 16.5. The number of fused-ring (bicyclic) bond motifs is 1. The van der Waals surface area contributed by atoms with Gasteiger partial charge in [-0.25, -0.2) is 9.97 Å². The Labute approximate surface area is 142 Å². The predicted molar refractivity (Wildman–Crippen MR) is 93.1 cm³/mol. The fourth-order valence-electron chi connectivity index (χ4n) is 3.16. The summed E-state index contributed by atoms with van der Waals surface area (Å²) < 4.78 is 7.63. The van der Waals surface area contributed by atoms with Crippen LogP contribution in [-0.2, 0) is 4.74 Å². The number of aromatic nitrogens is 3. The minimum Gasteiger partial charge on any atom is -0.378 e. The molecule has 6 nitrogen and oxygen atoms in total. The summed E-state index contributed by atoms with van der Waals surface area (Å²) in [6.07, 6.45) is 8.11. The third-order valence-electron chi connectivity index (χ3n) is 4.61. The van der Waals surface area contributed by atoms with Crippen LogP contribution in [0.15, 0.2) is 18.6 Å². The summed E-state index contributed by atoms with van der Waals surface area (Å²) >= 11 is 0. The first-order valence-electron chi connectivity index (χ1n) is 8.76. The molecule has 3 rings (SSSR count). The number of ether oxygens (including phenoxy) is 1. The number of amides is 1. The van der Waals surface area contributed by atoms with Gasteiger partial charge in [-0.05, 0) is 45.6 Å². The predicted octanol–water partition coefficient (Wildman–Crippen LogP) is 3.04. The Morgan fingerprint density at radius 1 is 1.46 bits per heavy atom. The Hall–Kier alpha value is -1.95. The lowest BCUT2D eigenvalue weighted by atomic mass is 10.1. The van der Waals surface area contributed by atoms with Crippen LogP contribution in [0.2, 0.25) is 0 Å². The van der Waals surface area contributed by atoms with Gasteiger partial charge in [0, 0.05) is 32.4 Å². The van der Waals surface area contributed by atoms with Crippen LogP contribution in [0.3, 0.4) is 0 Å². The van der Waals surface area contributed by atoms with Crippen molar-refractivity contribution in [1.29, 1.82) is 0 Å². The highest BCUT2D eigenvalue weighted by molar-refractivity contribution is 5.96. The van der Waals surface area contributed by atoms with Crippen molar-refractivity contribution in [2.24, 2.45) is 0 Å².